The second kappa shape index (κ2) is 6.12. The lowest BCUT2D eigenvalue weighted by Gasteiger charge is -2.23. The normalized spacial score (nSPS) is 9.73. The van der Waals surface area contributed by atoms with Gasteiger partial charge in [-0.05, 0) is 26.0 Å². The molecule has 0 bridgehead atoms. The minimum atomic E-state index is 0.554. The van der Waals surface area contributed by atoms with E-state index in [4.69, 9.17) is 4.74 Å². The third-order valence-corrected chi connectivity index (χ3v) is 2.33. The van der Waals surface area contributed by atoms with Crippen molar-refractivity contribution in [1.29, 1.82) is 0 Å². The van der Waals surface area contributed by atoms with Crippen LogP contribution in [-0.4, -0.2) is 19.7 Å². The maximum atomic E-state index is 5.61. The van der Waals surface area contributed by atoms with Gasteiger partial charge in [-0.1, -0.05) is 24.8 Å². The van der Waals surface area contributed by atoms with Gasteiger partial charge < -0.3 is 9.64 Å². The zero-order chi connectivity index (χ0) is 11.1. The van der Waals surface area contributed by atoms with E-state index in [0.29, 0.717) is 6.61 Å². The van der Waals surface area contributed by atoms with E-state index in [1.54, 1.807) is 6.08 Å². The van der Waals surface area contributed by atoms with Crippen LogP contribution in [0.15, 0.2) is 36.9 Å². The summed E-state index contributed by atoms with van der Waals surface area (Å²) in [6.07, 6.45) is 1.76. The van der Waals surface area contributed by atoms with E-state index in [2.05, 4.69) is 31.4 Å². The molecule has 0 fully saturated rings. The zero-order valence-corrected chi connectivity index (χ0v) is 9.57. The minimum Gasteiger partial charge on any atom is -0.487 e. The number of ether oxygens (including phenoxy) is 1. The Morgan fingerprint density at radius 3 is 2.53 bits per heavy atom. The highest BCUT2D eigenvalue weighted by atomic mass is 16.5. The summed E-state index contributed by atoms with van der Waals surface area (Å²) in [5, 5.41) is 0. The monoisotopic (exact) mass is 205 g/mol. The van der Waals surface area contributed by atoms with Crippen LogP contribution < -0.4 is 9.64 Å². The Morgan fingerprint density at radius 1 is 1.27 bits per heavy atom. The molecule has 0 N–H and O–H groups in total. The second-order valence-corrected chi connectivity index (χ2v) is 3.24. The predicted octanol–water partition coefficient (Wildman–Crippen LogP) is 3.10. The Labute approximate surface area is 92.2 Å². The summed E-state index contributed by atoms with van der Waals surface area (Å²) < 4.78 is 5.61. The molecular formula is C13H19NO. The van der Waals surface area contributed by atoms with Gasteiger partial charge >= 0.3 is 0 Å². The van der Waals surface area contributed by atoms with Crippen LogP contribution in [0.5, 0.6) is 5.75 Å². The molecule has 0 aliphatic carbocycles. The lowest BCUT2D eigenvalue weighted by atomic mass is 10.2. The molecular weight excluding hydrogens is 186 g/mol. The van der Waals surface area contributed by atoms with E-state index in [1.807, 2.05) is 18.2 Å². The lowest BCUT2D eigenvalue weighted by molar-refractivity contribution is 0.363. The molecule has 1 aromatic rings. The molecule has 2 nitrogen and oxygen atoms in total. The molecule has 0 amide bonds. The molecule has 0 aliphatic rings. The molecule has 0 aliphatic heterocycles. The van der Waals surface area contributed by atoms with Crippen LogP contribution in [0.3, 0.4) is 0 Å². The van der Waals surface area contributed by atoms with Crippen LogP contribution in [0.25, 0.3) is 0 Å². The summed E-state index contributed by atoms with van der Waals surface area (Å²) in [4.78, 5) is 2.28. The molecule has 0 spiro atoms. The van der Waals surface area contributed by atoms with Crippen LogP contribution in [0.4, 0.5) is 5.69 Å². The van der Waals surface area contributed by atoms with Crippen molar-refractivity contribution in [3.63, 3.8) is 0 Å². The average Bonchev–Trinajstić information content (AvgIpc) is 2.29. The van der Waals surface area contributed by atoms with E-state index in [1.165, 1.54) is 0 Å². The number of anilines is 1. The van der Waals surface area contributed by atoms with Crippen LogP contribution in [0.1, 0.15) is 13.8 Å². The number of hydrogen-bond acceptors (Lipinski definition) is 2. The first-order valence-electron chi connectivity index (χ1n) is 5.41. The van der Waals surface area contributed by atoms with Crippen molar-refractivity contribution in [1.82, 2.24) is 0 Å². The lowest BCUT2D eigenvalue weighted by Crippen LogP contribution is -2.22. The molecule has 1 aromatic carbocycles. The highest BCUT2D eigenvalue weighted by Gasteiger charge is 2.07. The van der Waals surface area contributed by atoms with Gasteiger partial charge in [0.25, 0.3) is 0 Å². The van der Waals surface area contributed by atoms with Crippen molar-refractivity contribution in [2.45, 2.75) is 13.8 Å². The smallest absolute Gasteiger partial charge is 0.143 e. The summed E-state index contributed by atoms with van der Waals surface area (Å²) in [5.74, 6) is 0.932. The zero-order valence-electron chi connectivity index (χ0n) is 9.57. The Balaban J connectivity index is 2.88. The quantitative estimate of drug-likeness (QED) is 0.662. The number of para-hydroxylation sites is 2. The van der Waals surface area contributed by atoms with Crippen LogP contribution in [-0.2, 0) is 0 Å². The summed E-state index contributed by atoms with van der Waals surface area (Å²) in [5.41, 5.74) is 1.16. The molecule has 0 unspecified atom stereocenters. The van der Waals surface area contributed by atoms with Gasteiger partial charge in [0.2, 0.25) is 0 Å². The molecule has 0 saturated carbocycles. The van der Waals surface area contributed by atoms with Gasteiger partial charge in [0.05, 0.1) is 5.69 Å². The molecule has 0 radical (unpaired) electrons. The Kier molecular flexibility index (Phi) is 4.75. The first-order chi connectivity index (χ1) is 7.33. The average molecular weight is 205 g/mol. The third kappa shape index (κ3) is 3.01. The topological polar surface area (TPSA) is 12.5 Å². The maximum absolute atomic E-state index is 5.61. The van der Waals surface area contributed by atoms with Crippen molar-refractivity contribution in [2.24, 2.45) is 0 Å². The van der Waals surface area contributed by atoms with E-state index >= 15 is 0 Å². The maximum Gasteiger partial charge on any atom is 0.143 e. The molecule has 0 atom stereocenters. The first kappa shape index (κ1) is 11.6. The van der Waals surface area contributed by atoms with Crippen LogP contribution in [0, 0.1) is 0 Å². The van der Waals surface area contributed by atoms with E-state index < -0.39 is 0 Å². The van der Waals surface area contributed by atoms with Gasteiger partial charge in [-0.3, -0.25) is 0 Å². The van der Waals surface area contributed by atoms with Crippen LogP contribution >= 0.6 is 0 Å². The van der Waals surface area contributed by atoms with Crippen LogP contribution in [0.2, 0.25) is 0 Å². The number of hydrogen-bond donors (Lipinski definition) is 0. The van der Waals surface area contributed by atoms with Crippen molar-refractivity contribution < 1.29 is 4.74 Å². The molecule has 2 heteroatoms. The Bertz CT molecular complexity index is 305. The van der Waals surface area contributed by atoms with Crippen molar-refractivity contribution in [2.75, 3.05) is 24.6 Å². The summed E-state index contributed by atoms with van der Waals surface area (Å²) in [6, 6.07) is 8.11. The van der Waals surface area contributed by atoms with E-state index in [0.717, 1.165) is 24.5 Å². The predicted molar refractivity (Wildman–Crippen MR) is 65.7 cm³/mol. The Morgan fingerprint density at radius 2 is 1.93 bits per heavy atom. The highest BCUT2D eigenvalue weighted by molar-refractivity contribution is 5.58. The van der Waals surface area contributed by atoms with E-state index in [-0.39, 0.29) is 0 Å². The highest BCUT2D eigenvalue weighted by Crippen LogP contribution is 2.27. The largest absolute Gasteiger partial charge is 0.487 e. The SMILES string of the molecule is C=CCOc1ccccc1N(CC)CC. The molecule has 82 valence electrons. The van der Waals surface area contributed by atoms with Crippen molar-refractivity contribution in [3.8, 4) is 5.75 Å². The fraction of sp³-hybridized carbons (Fsp3) is 0.385. The fourth-order valence-electron chi connectivity index (χ4n) is 1.55. The number of nitrogens with zero attached hydrogens (tertiary/aromatic N) is 1. The minimum absolute atomic E-state index is 0.554. The van der Waals surface area contributed by atoms with Gasteiger partial charge in [-0.15, -0.1) is 0 Å². The molecule has 0 saturated heterocycles. The van der Waals surface area contributed by atoms with Gasteiger partial charge in [0.15, 0.2) is 0 Å². The Hall–Kier alpha value is -1.44. The molecule has 1 rings (SSSR count). The standard InChI is InChI=1S/C13H19NO/c1-4-11-15-13-10-8-7-9-12(13)14(5-2)6-3/h4,7-10H,1,5-6,11H2,2-3H3. The molecule has 15 heavy (non-hydrogen) atoms. The molecule has 0 aromatic heterocycles. The van der Waals surface area contributed by atoms with Crippen molar-refractivity contribution >= 4 is 5.69 Å². The second-order valence-electron chi connectivity index (χ2n) is 3.24. The third-order valence-electron chi connectivity index (χ3n) is 2.33. The van der Waals surface area contributed by atoms with Crippen molar-refractivity contribution in [3.05, 3.63) is 36.9 Å². The first-order valence-corrected chi connectivity index (χ1v) is 5.41. The van der Waals surface area contributed by atoms with Gasteiger partial charge in [0, 0.05) is 13.1 Å². The van der Waals surface area contributed by atoms with Gasteiger partial charge in [-0.25, -0.2) is 0 Å². The van der Waals surface area contributed by atoms with Gasteiger partial charge in [-0.2, -0.15) is 0 Å². The summed E-state index contributed by atoms with van der Waals surface area (Å²) in [6.45, 7) is 10.5. The fourth-order valence-corrected chi connectivity index (χ4v) is 1.55. The molecule has 0 heterocycles. The van der Waals surface area contributed by atoms with Gasteiger partial charge in [0.1, 0.15) is 12.4 Å². The summed E-state index contributed by atoms with van der Waals surface area (Å²) in [7, 11) is 0. The number of benzene rings is 1. The van der Waals surface area contributed by atoms with E-state index in [9.17, 15) is 0 Å². The summed E-state index contributed by atoms with van der Waals surface area (Å²) >= 11 is 0. The number of rotatable bonds is 6.